The quantitative estimate of drug-likeness (QED) is 0.524. The number of nitrogens with zero attached hydrogens (tertiary/aromatic N) is 1. The third kappa shape index (κ3) is 17.2. The minimum atomic E-state index is -0.853. The average molecular weight is 389 g/mol. The summed E-state index contributed by atoms with van der Waals surface area (Å²) in [7, 11) is 0. The zero-order valence-electron chi connectivity index (χ0n) is 17.4. The molecule has 0 radical (unpaired) electrons. The van der Waals surface area contributed by atoms with Gasteiger partial charge in [-0.1, -0.05) is 0 Å². The van der Waals surface area contributed by atoms with Crippen LogP contribution in [0.1, 0.15) is 54.4 Å². The van der Waals surface area contributed by atoms with E-state index in [0.29, 0.717) is 39.1 Å². The number of carboxylic acid groups (broad SMARTS) is 1. The molecule has 0 aromatic rings. The Morgan fingerprint density at radius 1 is 0.815 bits per heavy atom. The van der Waals surface area contributed by atoms with Gasteiger partial charge in [-0.05, 0) is 54.5 Å². The SMILES string of the molecule is CC(C)(C)OC(=O)NCCN(CCCC(=O)O)CCNC(=O)OC(C)(C)C. The highest BCUT2D eigenvalue weighted by molar-refractivity contribution is 5.68. The van der Waals surface area contributed by atoms with Crippen molar-refractivity contribution in [1.82, 2.24) is 15.5 Å². The van der Waals surface area contributed by atoms with Crippen molar-refractivity contribution in [2.24, 2.45) is 0 Å². The van der Waals surface area contributed by atoms with E-state index in [9.17, 15) is 14.4 Å². The normalized spacial score (nSPS) is 11.8. The van der Waals surface area contributed by atoms with Crippen molar-refractivity contribution in [1.29, 1.82) is 0 Å². The molecule has 2 amide bonds. The van der Waals surface area contributed by atoms with Crippen molar-refractivity contribution in [2.75, 3.05) is 32.7 Å². The zero-order chi connectivity index (χ0) is 21.1. The fourth-order valence-corrected chi connectivity index (χ4v) is 2.05. The van der Waals surface area contributed by atoms with Crippen molar-refractivity contribution in [3.8, 4) is 0 Å². The molecule has 0 fully saturated rings. The van der Waals surface area contributed by atoms with Crippen LogP contribution in [0.4, 0.5) is 9.59 Å². The molecule has 3 N–H and O–H groups in total. The largest absolute Gasteiger partial charge is 0.481 e. The number of carboxylic acids is 1. The van der Waals surface area contributed by atoms with Gasteiger partial charge in [-0.15, -0.1) is 0 Å². The molecule has 0 aromatic heterocycles. The molecule has 0 aliphatic rings. The van der Waals surface area contributed by atoms with Crippen LogP contribution in [0.2, 0.25) is 0 Å². The average Bonchev–Trinajstić information content (AvgIpc) is 2.42. The summed E-state index contributed by atoms with van der Waals surface area (Å²) >= 11 is 0. The van der Waals surface area contributed by atoms with E-state index in [4.69, 9.17) is 14.6 Å². The summed E-state index contributed by atoms with van der Waals surface area (Å²) in [5.74, 6) is -0.853. The number of ether oxygens (including phenoxy) is 2. The molecule has 0 aromatic carbocycles. The number of nitrogens with one attached hydrogen (secondary N) is 2. The summed E-state index contributed by atoms with van der Waals surface area (Å²) in [5, 5.41) is 14.1. The van der Waals surface area contributed by atoms with Crippen molar-refractivity contribution in [2.45, 2.75) is 65.6 Å². The van der Waals surface area contributed by atoms with Gasteiger partial charge in [-0.25, -0.2) is 9.59 Å². The molecule has 0 bridgehead atoms. The highest BCUT2D eigenvalue weighted by Gasteiger charge is 2.17. The summed E-state index contributed by atoms with van der Waals surface area (Å²) in [6, 6.07) is 0. The first-order valence-electron chi connectivity index (χ1n) is 9.16. The molecule has 9 heteroatoms. The van der Waals surface area contributed by atoms with Gasteiger partial charge in [-0.2, -0.15) is 0 Å². The van der Waals surface area contributed by atoms with Gasteiger partial charge in [0.05, 0.1) is 0 Å². The number of carbonyl (C=O) groups is 3. The third-order valence-electron chi connectivity index (χ3n) is 3.06. The van der Waals surface area contributed by atoms with Crippen LogP contribution >= 0.6 is 0 Å². The van der Waals surface area contributed by atoms with Gasteiger partial charge in [0.2, 0.25) is 0 Å². The Hall–Kier alpha value is -2.03. The van der Waals surface area contributed by atoms with Gasteiger partial charge >= 0.3 is 18.2 Å². The van der Waals surface area contributed by atoms with E-state index in [0.717, 1.165) is 0 Å². The van der Waals surface area contributed by atoms with E-state index in [1.807, 2.05) is 4.90 Å². The third-order valence-corrected chi connectivity index (χ3v) is 3.06. The Balaban J connectivity index is 4.33. The van der Waals surface area contributed by atoms with Crippen LogP contribution in [0.5, 0.6) is 0 Å². The Morgan fingerprint density at radius 3 is 1.56 bits per heavy atom. The monoisotopic (exact) mass is 389 g/mol. The Kier molecular flexibility index (Phi) is 10.8. The predicted octanol–water partition coefficient (Wildman–Crippen LogP) is 2.20. The van der Waals surface area contributed by atoms with Crippen molar-refractivity contribution >= 4 is 18.2 Å². The maximum atomic E-state index is 11.7. The fraction of sp³-hybridized carbons (Fsp3) is 0.833. The second-order valence-electron chi connectivity index (χ2n) is 8.20. The molecular weight excluding hydrogens is 354 g/mol. The number of carbonyl (C=O) groups excluding carboxylic acids is 2. The van der Waals surface area contributed by atoms with Gasteiger partial charge in [0, 0.05) is 32.6 Å². The van der Waals surface area contributed by atoms with E-state index in [1.165, 1.54) is 0 Å². The molecule has 0 rings (SSSR count). The summed E-state index contributed by atoms with van der Waals surface area (Å²) in [6.45, 7) is 13.0. The number of hydrogen-bond acceptors (Lipinski definition) is 6. The topological polar surface area (TPSA) is 117 Å². The molecule has 0 saturated carbocycles. The van der Waals surface area contributed by atoms with Crippen LogP contribution < -0.4 is 10.6 Å². The van der Waals surface area contributed by atoms with Gasteiger partial charge in [-0.3, -0.25) is 9.69 Å². The van der Waals surface area contributed by atoms with E-state index >= 15 is 0 Å². The van der Waals surface area contributed by atoms with Crippen LogP contribution in [0.3, 0.4) is 0 Å². The predicted molar refractivity (Wildman–Crippen MR) is 102 cm³/mol. The van der Waals surface area contributed by atoms with Gasteiger partial charge in [0.15, 0.2) is 0 Å². The molecule has 9 nitrogen and oxygen atoms in total. The number of amides is 2. The molecule has 0 heterocycles. The van der Waals surface area contributed by atoms with E-state index in [1.54, 1.807) is 41.5 Å². The lowest BCUT2D eigenvalue weighted by atomic mass is 10.2. The number of alkyl carbamates (subject to hydrolysis) is 2. The Bertz CT molecular complexity index is 448. The first-order valence-corrected chi connectivity index (χ1v) is 9.16. The smallest absolute Gasteiger partial charge is 0.407 e. The number of aliphatic carboxylic acids is 1. The molecule has 0 aliphatic carbocycles. The minimum Gasteiger partial charge on any atom is -0.481 e. The molecule has 27 heavy (non-hydrogen) atoms. The Morgan fingerprint density at radius 2 is 1.22 bits per heavy atom. The number of hydrogen-bond donors (Lipinski definition) is 3. The molecule has 0 aliphatic heterocycles. The molecular formula is C18H35N3O6. The fourth-order valence-electron chi connectivity index (χ4n) is 2.05. The van der Waals surface area contributed by atoms with Crippen molar-refractivity contribution in [3.05, 3.63) is 0 Å². The maximum absolute atomic E-state index is 11.7. The highest BCUT2D eigenvalue weighted by Crippen LogP contribution is 2.07. The summed E-state index contributed by atoms with van der Waals surface area (Å²) in [4.78, 5) is 36.0. The highest BCUT2D eigenvalue weighted by atomic mass is 16.6. The van der Waals surface area contributed by atoms with Crippen LogP contribution in [-0.4, -0.2) is 72.1 Å². The summed E-state index contributed by atoms with van der Waals surface area (Å²) < 4.78 is 10.3. The van der Waals surface area contributed by atoms with Crippen LogP contribution in [0.25, 0.3) is 0 Å². The Labute approximate surface area is 161 Å². The lowest BCUT2D eigenvalue weighted by Gasteiger charge is -2.24. The van der Waals surface area contributed by atoms with Gasteiger partial charge in [0.1, 0.15) is 11.2 Å². The van der Waals surface area contributed by atoms with Crippen LogP contribution in [0, 0.1) is 0 Å². The lowest BCUT2D eigenvalue weighted by Crippen LogP contribution is -2.42. The van der Waals surface area contributed by atoms with Gasteiger partial charge < -0.3 is 25.2 Å². The first-order chi connectivity index (χ1) is 12.3. The minimum absolute atomic E-state index is 0.0650. The molecule has 158 valence electrons. The van der Waals surface area contributed by atoms with E-state index in [2.05, 4.69) is 10.6 Å². The first kappa shape index (κ1) is 25.0. The second-order valence-corrected chi connectivity index (χ2v) is 8.20. The molecule has 0 atom stereocenters. The summed E-state index contributed by atoms with van der Waals surface area (Å²) in [5.41, 5.74) is -1.13. The van der Waals surface area contributed by atoms with Gasteiger partial charge in [0.25, 0.3) is 0 Å². The van der Waals surface area contributed by atoms with E-state index < -0.39 is 29.4 Å². The lowest BCUT2D eigenvalue weighted by molar-refractivity contribution is -0.137. The standard InChI is InChI=1S/C18H35N3O6/c1-17(2,3)26-15(24)19-9-12-21(11-7-8-14(22)23)13-10-20-16(25)27-18(4,5)6/h7-13H2,1-6H3,(H,19,24)(H,20,25)(H,22,23). The second kappa shape index (κ2) is 11.6. The molecule has 0 spiro atoms. The van der Waals surface area contributed by atoms with Crippen LogP contribution in [-0.2, 0) is 14.3 Å². The zero-order valence-corrected chi connectivity index (χ0v) is 17.4. The molecule has 0 unspecified atom stereocenters. The van der Waals surface area contributed by atoms with Crippen molar-refractivity contribution < 1.29 is 29.0 Å². The van der Waals surface area contributed by atoms with Crippen molar-refractivity contribution in [3.63, 3.8) is 0 Å². The maximum Gasteiger partial charge on any atom is 0.407 e. The summed E-state index contributed by atoms with van der Waals surface area (Å²) in [6.07, 6.45) is -0.455. The molecule has 0 saturated heterocycles. The van der Waals surface area contributed by atoms with E-state index in [-0.39, 0.29) is 6.42 Å². The number of rotatable bonds is 10. The van der Waals surface area contributed by atoms with Crippen LogP contribution in [0.15, 0.2) is 0 Å².